The highest BCUT2D eigenvalue weighted by Gasteiger charge is 2.25. The third kappa shape index (κ3) is 4.53. The first-order valence-corrected chi connectivity index (χ1v) is 10.1. The fourth-order valence-electron chi connectivity index (χ4n) is 3.64. The van der Waals surface area contributed by atoms with E-state index < -0.39 is 0 Å². The number of amides is 1. The van der Waals surface area contributed by atoms with Crippen LogP contribution in [0.3, 0.4) is 0 Å². The largest absolute Gasteiger partial charge is 0.459 e. The van der Waals surface area contributed by atoms with Crippen LogP contribution in [0.5, 0.6) is 0 Å². The van der Waals surface area contributed by atoms with E-state index in [1.807, 2.05) is 34.0 Å². The van der Waals surface area contributed by atoms with Crippen LogP contribution in [-0.2, 0) is 13.1 Å². The predicted molar refractivity (Wildman–Crippen MR) is 114 cm³/mol. The van der Waals surface area contributed by atoms with Crippen molar-refractivity contribution in [2.45, 2.75) is 13.1 Å². The van der Waals surface area contributed by atoms with Gasteiger partial charge in [-0.3, -0.25) is 14.5 Å². The number of carbonyl (C=O) groups excluding carboxylic acids is 1. The Balaban J connectivity index is 1.33. The summed E-state index contributed by atoms with van der Waals surface area (Å²) in [4.78, 5) is 20.9. The van der Waals surface area contributed by atoms with E-state index in [2.05, 4.69) is 32.4 Å². The molecule has 8 nitrogen and oxygen atoms in total. The van der Waals surface area contributed by atoms with Gasteiger partial charge in [-0.2, -0.15) is 5.10 Å². The van der Waals surface area contributed by atoms with Crippen LogP contribution in [0.15, 0.2) is 70.5 Å². The van der Waals surface area contributed by atoms with Gasteiger partial charge in [0.05, 0.1) is 12.8 Å². The molecule has 0 saturated carbocycles. The first kappa shape index (κ1) is 19.8. The summed E-state index contributed by atoms with van der Waals surface area (Å²) in [6, 6.07) is 13.7. The molecule has 156 valence electrons. The van der Waals surface area contributed by atoms with E-state index in [1.54, 1.807) is 25.4 Å². The fraction of sp³-hybridized carbons (Fsp3) is 0.318. The molecule has 0 radical (unpaired) electrons. The lowest BCUT2D eigenvalue weighted by molar-refractivity contribution is 0.0657. The lowest BCUT2D eigenvalue weighted by Crippen LogP contribution is -2.53. The average molecular weight is 406 g/mol. The topological polar surface area (TPSA) is 78.9 Å². The van der Waals surface area contributed by atoms with Crippen LogP contribution >= 0.6 is 0 Å². The Labute approximate surface area is 175 Å². The first-order chi connectivity index (χ1) is 14.7. The zero-order valence-electron chi connectivity index (χ0n) is 17.1. The smallest absolute Gasteiger partial charge is 0.289 e. The molecule has 2 aromatic heterocycles. The number of guanidine groups is 1. The highest BCUT2D eigenvalue weighted by atomic mass is 16.3. The SMILES string of the molecule is CN=C(NCc1ccccc1Cn1cccn1)N1CCN(C(=O)c2ccco2)CC1. The van der Waals surface area contributed by atoms with Crippen molar-refractivity contribution in [2.75, 3.05) is 33.2 Å². The molecule has 4 rings (SSSR count). The minimum absolute atomic E-state index is 0.0601. The quantitative estimate of drug-likeness (QED) is 0.518. The fourth-order valence-corrected chi connectivity index (χ4v) is 3.64. The summed E-state index contributed by atoms with van der Waals surface area (Å²) >= 11 is 0. The van der Waals surface area contributed by atoms with E-state index in [-0.39, 0.29) is 5.91 Å². The van der Waals surface area contributed by atoms with Crippen molar-refractivity contribution in [1.29, 1.82) is 0 Å². The van der Waals surface area contributed by atoms with Gasteiger partial charge in [0.2, 0.25) is 0 Å². The number of furan rings is 1. The summed E-state index contributed by atoms with van der Waals surface area (Å²) in [7, 11) is 1.79. The third-order valence-electron chi connectivity index (χ3n) is 5.26. The molecule has 3 heterocycles. The van der Waals surface area contributed by atoms with Crippen molar-refractivity contribution in [3.8, 4) is 0 Å². The molecule has 1 aromatic carbocycles. The van der Waals surface area contributed by atoms with Gasteiger partial charge < -0.3 is 19.5 Å². The maximum atomic E-state index is 12.4. The second-order valence-electron chi connectivity index (χ2n) is 7.13. The Morgan fingerprint density at radius 2 is 1.83 bits per heavy atom. The van der Waals surface area contributed by atoms with Gasteiger partial charge in [0, 0.05) is 52.2 Å². The number of aliphatic imine (C=N–C) groups is 1. The Morgan fingerprint density at radius 1 is 1.07 bits per heavy atom. The second kappa shape index (κ2) is 9.30. The van der Waals surface area contributed by atoms with E-state index in [1.165, 1.54) is 17.4 Å². The molecule has 3 aromatic rings. The Kier molecular flexibility index (Phi) is 6.12. The second-order valence-corrected chi connectivity index (χ2v) is 7.13. The Morgan fingerprint density at radius 3 is 2.50 bits per heavy atom. The molecule has 0 unspecified atom stereocenters. The van der Waals surface area contributed by atoms with Crippen molar-refractivity contribution in [3.05, 3.63) is 78.0 Å². The summed E-state index contributed by atoms with van der Waals surface area (Å²) in [5, 5.41) is 7.77. The molecule has 1 aliphatic rings. The molecule has 1 aliphatic heterocycles. The van der Waals surface area contributed by atoms with Gasteiger partial charge in [-0.1, -0.05) is 24.3 Å². The van der Waals surface area contributed by atoms with Crippen LogP contribution in [0.2, 0.25) is 0 Å². The van der Waals surface area contributed by atoms with E-state index >= 15 is 0 Å². The zero-order valence-corrected chi connectivity index (χ0v) is 17.1. The molecule has 30 heavy (non-hydrogen) atoms. The monoisotopic (exact) mass is 406 g/mol. The van der Waals surface area contributed by atoms with Crippen LogP contribution in [0.4, 0.5) is 0 Å². The number of hydrogen-bond donors (Lipinski definition) is 1. The zero-order chi connectivity index (χ0) is 20.8. The number of benzene rings is 1. The van der Waals surface area contributed by atoms with Crippen molar-refractivity contribution in [1.82, 2.24) is 24.9 Å². The van der Waals surface area contributed by atoms with E-state index in [9.17, 15) is 4.79 Å². The summed E-state index contributed by atoms with van der Waals surface area (Å²) in [6.07, 6.45) is 5.28. The lowest BCUT2D eigenvalue weighted by atomic mass is 10.1. The van der Waals surface area contributed by atoms with Gasteiger partial charge in [-0.25, -0.2) is 0 Å². The summed E-state index contributed by atoms with van der Waals surface area (Å²) in [5.41, 5.74) is 2.43. The van der Waals surface area contributed by atoms with Gasteiger partial charge >= 0.3 is 0 Å². The number of piperazine rings is 1. The molecular formula is C22H26N6O2. The highest BCUT2D eigenvalue weighted by Crippen LogP contribution is 2.12. The summed E-state index contributed by atoms with van der Waals surface area (Å²) in [6.45, 7) is 4.13. The van der Waals surface area contributed by atoms with Gasteiger partial charge in [0.1, 0.15) is 0 Å². The van der Waals surface area contributed by atoms with E-state index in [4.69, 9.17) is 4.42 Å². The van der Waals surface area contributed by atoms with Gasteiger partial charge in [0.15, 0.2) is 11.7 Å². The molecule has 0 aliphatic carbocycles. The number of carbonyl (C=O) groups is 1. The Bertz CT molecular complexity index is 973. The molecule has 1 fully saturated rings. The number of aromatic nitrogens is 2. The maximum absolute atomic E-state index is 12.4. The molecule has 1 N–H and O–H groups in total. The van der Waals surface area contributed by atoms with E-state index in [0.717, 1.165) is 25.6 Å². The van der Waals surface area contributed by atoms with Gasteiger partial charge in [-0.05, 0) is 29.3 Å². The molecule has 0 atom stereocenters. The van der Waals surface area contributed by atoms with Gasteiger partial charge in [0.25, 0.3) is 5.91 Å². The molecule has 8 heteroatoms. The number of nitrogens with zero attached hydrogens (tertiary/aromatic N) is 5. The minimum atomic E-state index is -0.0601. The number of hydrogen-bond acceptors (Lipinski definition) is 4. The number of nitrogens with one attached hydrogen (secondary N) is 1. The van der Waals surface area contributed by atoms with Crippen LogP contribution in [0, 0.1) is 0 Å². The van der Waals surface area contributed by atoms with Crippen molar-refractivity contribution in [2.24, 2.45) is 4.99 Å². The molecule has 0 spiro atoms. The normalized spacial score (nSPS) is 14.8. The van der Waals surface area contributed by atoms with E-state index in [0.29, 0.717) is 25.4 Å². The minimum Gasteiger partial charge on any atom is -0.459 e. The van der Waals surface area contributed by atoms with Crippen LogP contribution in [0.25, 0.3) is 0 Å². The first-order valence-electron chi connectivity index (χ1n) is 10.1. The van der Waals surface area contributed by atoms with Crippen molar-refractivity contribution in [3.63, 3.8) is 0 Å². The van der Waals surface area contributed by atoms with Crippen molar-refractivity contribution >= 4 is 11.9 Å². The lowest BCUT2D eigenvalue weighted by Gasteiger charge is -2.36. The molecular weight excluding hydrogens is 380 g/mol. The predicted octanol–water partition coefficient (Wildman–Crippen LogP) is 2.06. The van der Waals surface area contributed by atoms with Crippen LogP contribution in [-0.4, -0.2) is 64.7 Å². The van der Waals surface area contributed by atoms with Crippen LogP contribution < -0.4 is 5.32 Å². The summed E-state index contributed by atoms with van der Waals surface area (Å²) in [5.74, 6) is 1.17. The third-order valence-corrected chi connectivity index (χ3v) is 5.26. The van der Waals surface area contributed by atoms with Gasteiger partial charge in [-0.15, -0.1) is 0 Å². The highest BCUT2D eigenvalue weighted by molar-refractivity contribution is 5.91. The van der Waals surface area contributed by atoms with Crippen molar-refractivity contribution < 1.29 is 9.21 Å². The Hall–Kier alpha value is -3.55. The molecule has 0 bridgehead atoms. The molecule has 1 saturated heterocycles. The average Bonchev–Trinajstić information content (AvgIpc) is 3.50. The molecule has 1 amide bonds. The maximum Gasteiger partial charge on any atom is 0.289 e. The standard InChI is InChI=1S/C22H26N6O2/c1-23-22(27-13-11-26(12-14-27)21(29)20-8-4-15-30-20)24-16-18-6-2-3-7-19(18)17-28-10-5-9-25-28/h2-10,15H,11-14,16-17H2,1H3,(H,23,24). The van der Waals surface area contributed by atoms with Crippen LogP contribution in [0.1, 0.15) is 21.7 Å². The summed E-state index contributed by atoms with van der Waals surface area (Å²) < 4.78 is 7.15. The number of rotatable bonds is 5.